The number of hydrogen-bond acceptors (Lipinski definition) is 4. The fourth-order valence-corrected chi connectivity index (χ4v) is 3.45. The van der Waals surface area contributed by atoms with Crippen LogP contribution in [0.15, 0.2) is 48.8 Å². The first kappa shape index (κ1) is 17.9. The molecule has 1 saturated heterocycles. The summed E-state index contributed by atoms with van der Waals surface area (Å²) in [6, 6.07) is 12.8. The SMILES string of the molecule is CCCNC(=O)N1[C@H](C#N)[C@H](c2ccc(-c3ccncc3)cc2)[C@H]1CO. The zero-order valence-electron chi connectivity index (χ0n) is 14.7. The first-order chi connectivity index (χ1) is 12.7. The largest absolute Gasteiger partial charge is 0.394 e. The molecule has 26 heavy (non-hydrogen) atoms. The van der Waals surface area contributed by atoms with Crippen molar-refractivity contribution in [3.8, 4) is 17.2 Å². The quantitative estimate of drug-likeness (QED) is 0.867. The normalized spacial score (nSPS) is 21.6. The van der Waals surface area contributed by atoms with Crippen LogP contribution >= 0.6 is 0 Å². The second-order valence-corrected chi connectivity index (χ2v) is 6.35. The average Bonchev–Trinajstić information content (AvgIpc) is 2.67. The molecule has 2 amide bonds. The lowest BCUT2D eigenvalue weighted by molar-refractivity contribution is 0.0169. The molecule has 0 saturated carbocycles. The monoisotopic (exact) mass is 350 g/mol. The number of amides is 2. The van der Waals surface area contributed by atoms with Crippen molar-refractivity contribution in [2.45, 2.75) is 31.3 Å². The molecule has 3 atom stereocenters. The molecule has 0 unspecified atom stereocenters. The smallest absolute Gasteiger partial charge is 0.318 e. The zero-order valence-corrected chi connectivity index (χ0v) is 14.7. The molecule has 1 aromatic carbocycles. The Bertz CT molecular complexity index is 786. The Morgan fingerprint density at radius 2 is 1.88 bits per heavy atom. The highest BCUT2D eigenvalue weighted by molar-refractivity contribution is 5.77. The summed E-state index contributed by atoms with van der Waals surface area (Å²) in [6.07, 6.45) is 4.31. The van der Waals surface area contributed by atoms with Crippen LogP contribution in [-0.4, -0.2) is 46.3 Å². The van der Waals surface area contributed by atoms with E-state index in [1.54, 1.807) is 12.4 Å². The zero-order chi connectivity index (χ0) is 18.5. The number of likely N-dealkylation sites (tertiary alicyclic amines) is 1. The van der Waals surface area contributed by atoms with E-state index in [4.69, 9.17) is 0 Å². The van der Waals surface area contributed by atoms with Gasteiger partial charge in [0, 0.05) is 24.9 Å². The predicted molar refractivity (Wildman–Crippen MR) is 98.2 cm³/mol. The maximum atomic E-state index is 12.3. The van der Waals surface area contributed by atoms with Crippen LogP contribution in [0, 0.1) is 11.3 Å². The highest BCUT2D eigenvalue weighted by Gasteiger charge is 2.51. The van der Waals surface area contributed by atoms with Gasteiger partial charge >= 0.3 is 6.03 Å². The van der Waals surface area contributed by atoms with Gasteiger partial charge in [0.15, 0.2) is 0 Å². The molecule has 0 radical (unpaired) electrons. The van der Waals surface area contributed by atoms with Gasteiger partial charge in [-0.15, -0.1) is 0 Å². The Balaban J connectivity index is 1.80. The first-order valence-electron chi connectivity index (χ1n) is 8.78. The number of pyridine rings is 1. The summed E-state index contributed by atoms with van der Waals surface area (Å²) < 4.78 is 0. The Kier molecular flexibility index (Phi) is 5.49. The minimum atomic E-state index is -0.573. The molecule has 1 aliphatic rings. The van der Waals surface area contributed by atoms with Crippen LogP contribution in [0.5, 0.6) is 0 Å². The van der Waals surface area contributed by atoms with E-state index in [0.29, 0.717) is 6.54 Å². The van der Waals surface area contributed by atoms with Gasteiger partial charge in [0.1, 0.15) is 6.04 Å². The minimum absolute atomic E-state index is 0.172. The van der Waals surface area contributed by atoms with Crippen LogP contribution < -0.4 is 5.32 Å². The van der Waals surface area contributed by atoms with Gasteiger partial charge < -0.3 is 15.3 Å². The lowest BCUT2D eigenvalue weighted by Crippen LogP contribution is -2.67. The number of aliphatic hydroxyl groups is 1. The van der Waals surface area contributed by atoms with E-state index < -0.39 is 6.04 Å². The molecule has 2 aromatic rings. The molecular weight excluding hydrogens is 328 g/mol. The van der Waals surface area contributed by atoms with Gasteiger partial charge in [-0.05, 0) is 35.2 Å². The number of aromatic nitrogens is 1. The van der Waals surface area contributed by atoms with Crippen LogP contribution in [0.2, 0.25) is 0 Å². The van der Waals surface area contributed by atoms with Crippen molar-refractivity contribution in [2.75, 3.05) is 13.2 Å². The minimum Gasteiger partial charge on any atom is -0.394 e. The van der Waals surface area contributed by atoms with Gasteiger partial charge in [-0.1, -0.05) is 31.2 Å². The summed E-state index contributed by atoms with van der Waals surface area (Å²) in [7, 11) is 0. The number of aliphatic hydroxyl groups excluding tert-OH is 1. The van der Waals surface area contributed by atoms with Crippen molar-refractivity contribution in [2.24, 2.45) is 0 Å². The van der Waals surface area contributed by atoms with Gasteiger partial charge in [-0.3, -0.25) is 4.98 Å². The average molecular weight is 350 g/mol. The number of benzene rings is 1. The topological polar surface area (TPSA) is 89.3 Å². The van der Waals surface area contributed by atoms with Crippen molar-refractivity contribution in [1.82, 2.24) is 15.2 Å². The Hall–Kier alpha value is -2.91. The van der Waals surface area contributed by atoms with Gasteiger partial charge in [-0.2, -0.15) is 5.26 Å². The third-order valence-corrected chi connectivity index (χ3v) is 4.80. The van der Waals surface area contributed by atoms with Gasteiger partial charge in [0.25, 0.3) is 0 Å². The maximum Gasteiger partial charge on any atom is 0.318 e. The van der Waals surface area contributed by atoms with Crippen LogP contribution in [-0.2, 0) is 0 Å². The highest BCUT2D eigenvalue weighted by Crippen LogP contribution is 2.40. The fraction of sp³-hybridized carbons (Fsp3) is 0.350. The molecule has 1 aromatic heterocycles. The molecule has 134 valence electrons. The number of hydrogen-bond donors (Lipinski definition) is 2. The third-order valence-electron chi connectivity index (χ3n) is 4.80. The third kappa shape index (κ3) is 3.26. The number of nitriles is 1. The van der Waals surface area contributed by atoms with E-state index in [0.717, 1.165) is 23.1 Å². The number of rotatable bonds is 5. The molecule has 1 aliphatic heterocycles. The summed E-state index contributed by atoms with van der Waals surface area (Å²) in [5, 5.41) is 22.1. The van der Waals surface area contributed by atoms with E-state index in [2.05, 4.69) is 16.4 Å². The van der Waals surface area contributed by atoms with Crippen molar-refractivity contribution < 1.29 is 9.90 Å². The van der Waals surface area contributed by atoms with Gasteiger partial charge in [0.05, 0.1) is 18.7 Å². The summed E-state index contributed by atoms with van der Waals surface area (Å²) in [6.45, 7) is 2.35. The van der Waals surface area contributed by atoms with E-state index in [1.807, 2.05) is 43.3 Å². The number of urea groups is 1. The second-order valence-electron chi connectivity index (χ2n) is 6.35. The molecular formula is C20H22N4O2. The number of nitrogens with zero attached hydrogens (tertiary/aromatic N) is 3. The van der Waals surface area contributed by atoms with Crippen LogP contribution in [0.25, 0.3) is 11.1 Å². The molecule has 0 aliphatic carbocycles. The van der Waals surface area contributed by atoms with E-state index in [-0.39, 0.29) is 24.6 Å². The number of nitrogens with one attached hydrogen (secondary N) is 1. The highest BCUT2D eigenvalue weighted by atomic mass is 16.3. The first-order valence-corrected chi connectivity index (χ1v) is 8.78. The van der Waals surface area contributed by atoms with Crippen LogP contribution in [0.1, 0.15) is 24.8 Å². The van der Waals surface area contributed by atoms with Gasteiger partial charge in [-0.25, -0.2) is 4.79 Å². The van der Waals surface area contributed by atoms with E-state index in [1.165, 1.54) is 4.90 Å². The lowest BCUT2D eigenvalue weighted by atomic mass is 9.76. The van der Waals surface area contributed by atoms with Gasteiger partial charge in [0.2, 0.25) is 0 Å². The summed E-state index contributed by atoms with van der Waals surface area (Å²) >= 11 is 0. The Morgan fingerprint density at radius 1 is 1.23 bits per heavy atom. The lowest BCUT2D eigenvalue weighted by Gasteiger charge is -2.51. The Labute approximate surface area is 153 Å². The van der Waals surface area contributed by atoms with E-state index in [9.17, 15) is 15.2 Å². The molecule has 2 heterocycles. The fourth-order valence-electron chi connectivity index (χ4n) is 3.45. The second kappa shape index (κ2) is 7.98. The van der Waals surface area contributed by atoms with Crippen molar-refractivity contribution in [3.05, 3.63) is 54.4 Å². The van der Waals surface area contributed by atoms with Crippen molar-refractivity contribution in [1.29, 1.82) is 5.26 Å². The number of carbonyl (C=O) groups excluding carboxylic acids is 1. The molecule has 0 spiro atoms. The summed E-state index contributed by atoms with van der Waals surface area (Å²) in [5.74, 6) is -0.191. The van der Waals surface area contributed by atoms with Crippen LogP contribution in [0.3, 0.4) is 0 Å². The van der Waals surface area contributed by atoms with Crippen molar-refractivity contribution >= 4 is 6.03 Å². The van der Waals surface area contributed by atoms with Crippen molar-refractivity contribution in [3.63, 3.8) is 0 Å². The molecule has 0 bridgehead atoms. The predicted octanol–water partition coefficient (Wildman–Crippen LogP) is 2.52. The molecule has 2 N–H and O–H groups in total. The molecule has 3 rings (SSSR count). The summed E-state index contributed by atoms with van der Waals surface area (Å²) in [5.41, 5.74) is 3.08. The molecule has 6 heteroatoms. The Morgan fingerprint density at radius 3 is 2.46 bits per heavy atom. The standard InChI is InChI=1S/C20H22N4O2/c1-2-9-23-20(26)24-17(12-21)19(18(24)13-25)16-5-3-14(4-6-16)15-7-10-22-11-8-15/h3-8,10-11,17-19,25H,2,9,13H2,1H3,(H,23,26)/t17-,18-,19+/m1/s1. The molecule has 6 nitrogen and oxygen atoms in total. The van der Waals surface area contributed by atoms with E-state index >= 15 is 0 Å². The molecule has 1 fully saturated rings. The maximum absolute atomic E-state index is 12.3. The van der Waals surface area contributed by atoms with Crippen LogP contribution in [0.4, 0.5) is 4.79 Å². The summed E-state index contributed by atoms with van der Waals surface area (Å²) in [4.78, 5) is 17.8. The number of carbonyl (C=O) groups is 1.